The smallest absolute Gasteiger partial charge is 0.298 e. The van der Waals surface area contributed by atoms with Crippen molar-refractivity contribution in [3.05, 3.63) is 30.5 Å². The number of rotatable bonds is 6. The van der Waals surface area contributed by atoms with Crippen LogP contribution in [0.3, 0.4) is 0 Å². The maximum absolute atomic E-state index is 12.7. The summed E-state index contributed by atoms with van der Waals surface area (Å²) in [5.74, 6) is 0.525. The van der Waals surface area contributed by atoms with Gasteiger partial charge in [-0.05, 0) is 24.6 Å². The van der Waals surface area contributed by atoms with E-state index in [1.807, 2.05) is 12.1 Å². The lowest BCUT2D eigenvalue weighted by molar-refractivity contribution is -0.536. The number of azo groups is 2. The third-order valence-corrected chi connectivity index (χ3v) is 4.12. The van der Waals surface area contributed by atoms with Crippen LogP contribution in [0.2, 0.25) is 0 Å². The van der Waals surface area contributed by atoms with Gasteiger partial charge >= 0.3 is 0 Å². The average Bonchev–Trinajstić information content (AvgIpc) is 3.02. The Morgan fingerprint density at radius 2 is 2.11 bits per heavy atom. The van der Waals surface area contributed by atoms with E-state index >= 15 is 0 Å². The van der Waals surface area contributed by atoms with E-state index in [4.69, 9.17) is 20.4 Å². The second-order valence-corrected chi connectivity index (χ2v) is 6.58. The van der Waals surface area contributed by atoms with Crippen molar-refractivity contribution in [3.63, 3.8) is 0 Å². The van der Waals surface area contributed by atoms with E-state index in [1.165, 1.54) is 11.6 Å². The maximum atomic E-state index is 12.7. The van der Waals surface area contributed by atoms with Crippen molar-refractivity contribution in [1.29, 1.82) is 0 Å². The number of fused-ring (bicyclic) bond motifs is 2. The van der Waals surface area contributed by atoms with Crippen molar-refractivity contribution in [2.24, 2.45) is 5.11 Å². The number of hydrogen-bond acceptors (Lipinski definition) is 5. The van der Waals surface area contributed by atoms with E-state index in [1.54, 1.807) is 29.9 Å². The molecule has 0 spiro atoms. The van der Waals surface area contributed by atoms with Gasteiger partial charge in [-0.2, -0.15) is 4.98 Å². The summed E-state index contributed by atoms with van der Waals surface area (Å²) in [5.41, 5.74) is 3.37. The number of nitrogens with one attached hydrogen (secondary N) is 1. The number of aromatic nitrogens is 3. The molecule has 4 rings (SSSR count). The van der Waals surface area contributed by atoms with E-state index in [2.05, 4.69) is 20.5 Å². The second-order valence-electron chi connectivity index (χ2n) is 6.58. The first kappa shape index (κ1) is 18.4. The fourth-order valence-corrected chi connectivity index (χ4v) is 3.00. The van der Waals surface area contributed by atoms with Crippen LogP contribution < -0.4 is 10.1 Å². The summed E-state index contributed by atoms with van der Waals surface area (Å²) in [4.78, 5) is 4.32. The fourth-order valence-electron chi connectivity index (χ4n) is 3.00. The largest absolute Gasteiger partial charge is 0.490 e. The Morgan fingerprint density at radius 3 is 2.79 bits per heavy atom. The Morgan fingerprint density at radius 1 is 1.32 bits per heavy atom. The molecule has 28 heavy (non-hydrogen) atoms. The zero-order valence-electron chi connectivity index (χ0n) is 15.2. The summed E-state index contributed by atoms with van der Waals surface area (Å²) in [6.45, 7) is 1.05. The van der Waals surface area contributed by atoms with Crippen LogP contribution in [0, 0.1) is 0 Å². The summed E-state index contributed by atoms with van der Waals surface area (Å²) in [5, 5.41) is 9.80. The van der Waals surface area contributed by atoms with Crippen molar-refractivity contribution in [3.8, 4) is 17.0 Å². The fraction of sp³-hybridized carbons (Fsp3) is 0.294. The number of benzene rings is 1. The first-order valence-electron chi connectivity index (χ1n) is 8.51. The van der Waals surface area contributed by atoms with Gasteiger partial charge in [-0.1, -0.05) is 10.8 Å². The first-order valence-corrected chi connectivity index (χ1v) is 8.51. The molecule has 3 aromatic rings. The van der Waals surface area contributed by atoms with Crippen molar-refractivity contribution in [1.82, 2.24) is 14.6 Å². The molecule has 0 fully saturated rings. The molecule has 1 N–H and O–H groups in total. The van der Waals surface area contributed by atoms with Crippen molar-refractivity contribution < 1.29 is 18.2 Å². The van der Waals surface area contributed by atoms with Gasteiger partial charge in [0.15, 0.2) is 0 Å². The van der Waals surface area contributed by atoms with Crippen LogP contribution in [0.15, 0.2) is 35.6 Å². The minimum atomic E-state index is -2.48. The van der Waals surface area contributed by atoms with E-state index in [0.29, 0.717) is 22.8 Å². The van der Waals surface area contributed by atoms with Gasteiger partial charge in [-0.15, -0.1) is 5.10 Å². The molecular formula is C17H15B2F2N6O+. The standard InChI is InChI=1S/C17H15B2F2N6O/c1-17(18,19)28-15-14-10(5-6-26(14)25-16(22-2)23-15)9-3-4-11-12(7-9)27(24-11)8-13(20)21/h3-7,13H,8H2,1-2H3,(H,22,23,25)/q+1. The number of nitrogens with zero attached hydrogens (tertiary/aromatic N) is 5. The van der Waals surface area contributed by atoms with Gasteiger partial charge in [-0.25, -0.2) is 13.3 Å². The average molecular weight is 379 g/mol. The highest BCUT2D eigenvalue weighted by Gasteiger charge is 2.32. The normalized spacial score (nSPS) is 13.2. The molecule has 11 heteroatoms. The van der Waals surface area contributed by atoms with Crippen LogP contribution in [0.1, 0.15) is 6.92 Å². The summed E-state index contributed by atoms with van der Waals surface area (Å²) < 4.78 is 33.9. The SMILES string of the molecule is [B]C([B])(C)Oc1nc(NC)nn2ccc(-c3ccc4c(c3)[N+](CC(F)F)=N4)c12. The van der Waals surface area contributed by atoms with Gasteiger partial charge in [0, 0.05) is 35.4 Å². The van der Waals surface area contributed by atoms with E-state index in [-0.39, 0.29) is 5.88 Å². The Kier molecular flexibility index (Phi) is 4.32. The molecule has 4 radical (unpaired) electrons. The molecule has 1 aromatic carbocycles. The van der Waals surface area contributed by atoms with Crippen LogP contribution in [-0.4, -0.2) is 60.4 Å². The van der Waals surface area contributed by atoms with Crippen LogP contribution in [0.25, 0.3) is 16.6 Å². The quantitative estimate of drug-likeness (QED) is 0.529. The predicted octanol–water partition coefficient (Wildman–Crippen LogP) is 2.83. The second kappa shape index (κ2) is 6.57. The number of anilines is 1. The lowest BCUT2D eigenvalue weighted by Crippen LogP contribution is -2.33. The van der Waals surface area contributed by atoms with Crippen LogP contribution in [0.5, 0.6) is 5.88 Å². The summed E-state index contributed by atoms with van der Waals surface area (Å²) in [6.07, 6.45) is -0.735. The Bertz CT molecular complexity index is 1090. The van der Waals surface area contributed by atoms with Gasteiger partial charge in [-0.3, -0.25) is 0 Å². The Hall–Kier alpha value is -2.97. The lowest BCUT2D eigenvalue weighted by Gasteiger charge is -2.22. The van der Waals surface area contributed by atoms with Gasteiger partial charge in [0.25, 0.3) is 12.1 Å². The number of hydrogen-bond donors (Lipinski definition) is 1. The summed E-state index contributed by atoms with van der Waals surface area (Å²) >= 11 is 0. The molecule has 0 aliphatic carbocycles. The van der Waals surface area contributed by atoms with E-state index < -0.39 is 18.4 Å². The molecule has 0 amide bonds. The van der Waals surface area contributed by atoms with Crippen LogP contribution in [0.4, 0.5) is 26.1 Å². The molecule has 138 valence electrons. The van der Waals surface area contributed by atoms with Gasteiger partial charge in [0.2, 0.25) is 24.1 Å². The molecule has 1 aliphatic rings. The summed E-state index contributed by atoms with van der Waals surface area (Å²) in [7, 11) is 13.3. The third-order valence-electron chi connectivity index (χ3n) is 4.12. The molecule has 2 aromatic heterocycles. The summed E-state index contributed by atoms with van der Waals surface area (Å²) in [6, 6.07) is 7.24. The molecule has 1 aliphatic heterocycles. The molecule has 0 unspecified atom stereocenters. The zero-order valence-corrected chi connectivity index (χ0v) is 15.2. The molecule has 0 atom stereocenters. The predicted molar refractivity (Wildman–Crippen MR) is 101 cm³/mol. The van der Waals surface area contributed by atoms with Crippen molar-refractivity contribution >= 4 is 38.5 Å². The number of alkyl halides is 2. The monoisotopic (exact) mass is 379 g/mol. The number of halogens is 2. The molecule has 0 saturated heterocycles. The third kappa shape index (κ3) is 3.32. The van der Waals surface area contributed by atoms with Crippen LogP contribution in [-0.2, 0) is 0 Å². The highest BCUT2D eigenvalue weighted by Crippen LogP contribution is 2.42. The van der Waals surface area contributed by atoms with Gasteiger partial charge in [0.1, 0.15) is 21.2 Å². The van der Waals surface area contributed by atoms with E-state index in [9.17, 15) is 8.78 Å². The molecule has 0 bridgehead atoms. The molecule has 3 heterocycles. The topological polar surface area (TPSA) is 66.8 Å². The van der Waals surface area contributed by atoms with Crippen molar-refractivity contribution in [2.45, 2.75) is 18.7 Å². The zero-order chi connectivity index (χ0) is 20.1. The molecule has 7 nitrogen and oxygen atoms in total. The Labute approximate surface area is 162 Å². The number of ether oxygens (including phenoxy) is 1. The maximum Gasteiger partial charge on any atom is 0.298 e. The highest BCUT2D eigenvalue weighted by molar-refractivity contribution is 6.38. The minimum absolute atomic E-state index is 0.198. The minimum Gasteiger partial charge on any atom is -0.490 e. The Balaban J connectivity index is 1.82. The van der Waals surface area contributed by atoms with Crippen molar-refractivity contribution in [2.75, 3.05) is 18.9 Å². The van der Waals surface area contributed by atoms with E-state index in [0.717, 1.165) is 11.1 Å². The first-order chi connectivity index (χ1) is 13.2. The lowest BCUT2D eigenvalue weighted by atomic mass is 9.67. The van der Waals surface area contributed by atoms with Gasteiger partial charge in [0.05, 0.1) is 0 Å². The molecule has 0 saturated carbocycles. The highest BCUT2D eigenvalue weighted by atomic mass is 19.3. The van der Waals surface area contributed by atoms with Gasteiger partial charge < -0.3 is 10.1 Å². The molecular weight excluding hydrogens is 364 g/mol. The van der Waals surface area contributed by atoms with Crippen LogP contribution >= 0.6 is 0 Å².